The van der Waals surface area contributed by atoms with Crippen LogP contribution in [0.3, 0.4) is 0 Å². The predicted octanol–water partition coefficient (Wildman–Crippen LogP) is 5.57. The maximum atomic E-state index is 14.3. The van der Waals surface area contributed by atoms with Crippen molar-refractivity contribution in [2.75, 3.05) is 0 Å². The maximum Gasteiger partial charge on any atom is 0.516 e. The smallest absolute Gasteiger partial charge is 0.480 e. The molecule has 0 fully saturated rings. The van der Waals surface area contributed by atoms with Crippen molar-refractivity contribution < 1.29 is 28.4 Å². The summed E-state index contributed by atoms with van der Waals surface area (Å²) in [4.78, 5) is 22.8. The Labute approximate surface area is 197 Å². The number of hydrogen-bond acceptors (Lipinski definition) is 6. The zero-order valence-corrected chi connectivity index (χ0v) is 19.6. The molecule has 10 heteroatoms. The highest BCUT2D eigenvalue weighted by atomic mass is 31.2. The first kappa shape index (κ1) is 25.0. The SMILES string of the molecule is CC(C)N(C(Cc1ccccc1)C(=O)O)P(=O)(Oc1ccccc1)Oc1ccc([N+](=O)[O-])cc1. The average molecular weight is 484 g/mol. The van der Waals surface area contributed by atoms with Crippen LogP contribution >= 0.6 is 7.75 Å². The summed E-state index contributed by atoms with van der Waals surface area (Å²) in [5.74, 6) is -0.927. The number of hydrogen-bond donors (Lipinski definition) is 1. The number of rotatable bonds is 11. The van der Waals surface area contributed by atoms with E-state index >= 15 is 0 Å². The molecule has 9 nitrogen and oxygen atoms in total. The molecular formula is C24H25N2O7P. The minimum Gasteiger partial charge on any atom is -0.480 e. The summed E-state index contributed by atoms with van der Waals surface area (Å²) >= 11 is 0. The summed E-state index contributed by atoms with van der Waals surface area (Å²) < 4.78 is 27.2. The molecule has 178 valence electrons. The Morgan fingerprint density at radius 3 is 1.91 bits per heavy atom. The minimum atomic E-state index is -4.33. The average Bonchev–Trinajstić information content (AvgIpc) is 2.80. The van der Waals surface area contributed by atoms with E-state index in [1.165, 1.54) is 28.9 Å². The number of nitro benzene ring substituents is 1. The fraction of sp³-hybridized carbons (Fsp3) is 0.208. The molecule has 0 aliphatic rings. The quantitative estimate of drug-likeness (QED) is 0.213. The lowest BCUT2D eigenvalue weighted by atomic mass is 10.1. The Bertz CT molecular complexity index is 1150. The van der Waals surface area contributed by atoms with Crippen molar-refractivity contribution in [2.24, 2.45) is 0 Å². The minimum absolute atomic E-state index is 0.0411. The Balaban J connectivity index is 2.05. The van der Waals surface area contributed by atoms with Crippen LogP contribution in [0.5, 0.6) is 11.5 Å². The summed E-state index contributed by atoms with van der Waals surface area (Å²) in [6, 6.07) is 20.5. The molecule has 3 aromatic carbocycles. The molecule has 0 heterocycles. The number of para-hydroxylation sites is 1. The number of aliphatic carboxylic acids is 1. The summed E-state index contributed by atoms with van der Waals surface area (Å²) in [5, 5.41) is 21.1. The van der Waals surface area contributed by atoms with Gasteiger partial charge in [-0.15, -0.1) is 0 Å². The molecule has 2 atom stereocenters. The second kappa shape index (κ2) is 11.0. The maximum absolute atomic E-state index is 14.3. The molecule has 0 aromatic heterocycles. The molecule has 0 saturated heterocycles. The number of carboxylic acids is 1. The third-order valence-electron chi connectivity index (χ3n) is 4.92. The van der Waals surface area contributed by atoms with Crippen molar-refractivity contribution in [1.29, 1.82) is 0 Å². The normalized spacial score (nSPS) is 13.8. The number of carboxylic acid groups (broad SMARTS) is 1. The summed E-state index contributed by atoms with van der Waals surface area (Å²) in [6.45, 7) is 3.39. The van der Waals surface area contributed by atoms with Crippen molar-refractivity contribution in [2.45, 2.75) is 32.4 Å². The van der Waals surface area contributed by atoms with E-state index in [1.807, 2.05) is 6.07 Å². The fourth-order valence-corrected chi connectivity index (χ4v) is 5.52. The number of benzene rings is 3. The second-order valence-corrected chi connectivity index (χ2v) is 9.50. The van der Waals surface area contributed by atoms with E-state index in [4.69, 9.17) is 9.05 Å². The number of non-ortho nitro benzene ring substituents is 1. The first-order valence-corrected chi connectivity index (χ1v) is 12.0. The van der Waals surface area contributed by atoms with Gasteiger partial charge in [-0.25, -0.2) is 4.57 Å². The van der Waals surface area contributed by atoms with Crippen LogP contribution < -0.4 is 9.05 Å². The molecule has 0 radical (unpaired) electrons. The van der Waals surface area contributed by atoms with E-state index in [0.29, 0.717) is 0 Å². The summed E-state index contributed by atoms with van der Waals surface area (Å²) in [7, 11) is -4.33. The molecule has 3 rings (SSSR count). The molecule has 0 aliphatic heterocycles. The Morgan fingerprint density at radius 2 is 1.44 bits per heavy atom. The summed E-state index contributed by atoms with van der Waals surface area (Å²) in [6.07, 6.45) is 0.0557. The van der Waals surface area contributed by atoms with Gasteiger partial charge in [0.1, 0.15) is 17.5 Å². The van der Waals surface area contributed by atoms with Crippen LogP contribution in [0.15, 0.2) is 84.9 Å². The Kier molecular flexibility index (Phi) is 8.04. The zero-order chi connectivity index (χ0) is 24.7. The lowest BCUT2D eigenvalue weighted by molar-refractivity contribution is -0.384. The molecule has 0 amide bonds. The van der Waals surface area contributed by atoms with Crippen LogP contribution in [-0.2, 0) is 15.8 Å². The first-order chi connectivity index (χ1) is 16.2. The van der Waals surface area contributed by atoms with E-state index in [2.05, 4.69) is 0 Å². The monoisotopic (exact) mass is 484 g/mol. The van der Waals surface area contributed by atoms with Crippen molar-refractivity contribution in [1.82, 2.24) is 4.67 Å². The Hall–Kier alpha value is -3.68. The van der Waals surface area contributed by atoms with Gasteiger partial charge in [0, 0.05) is 18.2 Å². The van der Waals surface area contributed by atoms with Crippen LogP contribution in [0, 0.1) is 10.1 Å². The predicted molar refractivity (Wildman–Crippen MR) is 127 cm³/mol. The van der Waals surface area contributed by atoms with Gasteiger partial charge in [0.2, 0.25) is 0 Å². The molecule has 34 heavy (non-hydrogen) atoms. The van der Waals surface area contributed by atoms with Gasteiger partial charge in [0.25, 0.3) is 5.69 Å². The van der Waals surface area contributed by atoms with Gasteiger partial charge in [-0.3, -0.25) is 14.9 Å². The lowest BCUT2D eigenvalue weighted by Crippen LogP contribution is -2.46. The second-order valence-electron chi connectivity index (χ2n) is 7.73. The van der Waals surface area contributed by atoms with E-state index in [9.17, 15) is 24.6 Å². The van der Waals surface area contributed by atoms with Gasteiger partial charge in [-0.05, 0) is 50.1 Å². The molecule has 0 aliphatic carbocycles. The highest BCUT2D eigenvalue weighted by Gasteiger charge is 2.46. The zero-order valence-electron chi connectivity index (χ0n) is 18.7. The van der Waals surface area contributed by atoms with Crippen LogP contribution in [0.1, 0.15) is 19.4 Å². The van der Waals surface area contributed by atoms with Crippen molar-refractivity contribution in [3.8, 4) is 11.5 Å². The molecule has 0 spiro atoms. The van der Waals surface area contributed by atoms with Crippen molar-refractivity contribution in [3.63, 3.8) is 0 Å². The van der Waals surface area contributed by atoms with E-state index in [1.54, 1.807) is 68.4 Å². The number of nitro groups is 1. The van der Waals surface area contributed by atoms with Gasteiger partial charge >= 0.3 is 13.7 Å². The van der Waals surface area contributed by atoms with E-state index in [-0.39, 0.29) is 23.6 Å². The number of nitrogens with zero attached hydrogens (tertiary/aromatic N) is 2. The van der Waals surface area contributed by atoms with E-state index < -0.39 is 30.7 Å². The van der Waals surface area contributed by atoms with Crippen LogP contribution in [0.4, 0.5) is 5.69 Å². The van der Waals surface area contributed by atoms with Crippen LogP contribution in [0.2, 0.25) is 0 Å². The topological polar surface area (TPSA) is 119 Å². The molecule has 0 bridgehead atoms. The molecule has 0 saturated carbocycles. The standard InChI is InChI=1S/C24H25N2O7P/c1-18(2)25(23(24(27)28)17-19-9-5-3-6-10-19)34(31,32-21-11-7-4-8-12-21)33-22-15-13-20(14-16-22)26(29)30/h3-16,18,23H,17H2,1-2H3,(H,27,28). The lowest BCUT2D eigenvalue weighted by Gasteiger charge is -2.36. The van der Waals surface area contributed by atoms with E-state index in [0.717, 1.165) is 5.56 Å². The van der Waals surface area contributed by atoms with Gasteiger partial charge in [-0.2, -0.15) is 4.67 Å². The van der Waals surface area contributed by atoms with Gasteiger partial charge in [0.15, 0.2) is 0 Å². The fourth-order valence-electron chi connectivity index (χ4n) is 3.43. The van der Waals surface area contributed by atoms with Crippen LogP contribution in [0.25, 0.3) is 0 Å². The number of carbonyl (C=O) groups is 1. The van der Waals surface area contributed by atoms with Gasteiger partial charge in [-0.1, -0.05) is 48.5 Å². The first-order valence-electron chi connectivity index (χ1n) is 10.5. The molecule has 3 aromatic rings. The third-order valence-corrected chi connectivity index (χ3v) is 7.11. The van der Waals surface area contributed by atoms with Gasteiger partial charge in [0.05, 0.1) is 4.92 Å². The van der Waals surface area contributed by atoms with Crippen LogP contribution in [-0.4, -0.2) is 32.8 Å². The largest absolute Gasteiger partial charge is 0.516 e. The highest BCUT2D eigenvalue weighted by Crippen LogP contribution is 2.54. The van der Waals surface area contributed by atoms with Gasteiger partial charge < -0.3 is 14.2 Å². The summed E-state index contributed by atoms with van der Waals surface area (Å²) in [5.41, 5.74) is 0.571. The molecule has 1 N–H and O–H groups in total. The van der Waals surface area contributed by atoms with Crippen molar-refractivity contribution in [3.05, 3.63) is 101 Å². The molecule has 2 unspecified atom stereocenters. The highest BCUT2D eigenvalue weighted by molar-refractivity contribution is 7.52. The third kappa shape index (κ3) is 6.21. The Morgan fingerprint density at radius 1 is 0.941 bits per heavy atom. The molecular weight excluding hydrogens is 459 g/mol. The van der Waals surface area contributed by atoms with Crippen molar-refractivity contribution >= 4 is 19.4 Å².